The van der Waals surface area contributed by atoms with Crippen LogP contribution in [0.2, 0.25) is 5.02 Å². The van der Waals surface area contributed by atoms with Gasteiger partial charge in [-0.05, 0) is 37.5 Å². The number of fused-ring (bicyclic) bond motifs is 3. The third kappa shape index (κ3) is 4.42. The summed E-state index contributed by atoms with van der Waals surface area (Å²) in [6.07, 6.45) is 2.18. The molecule has 43 heavy (non-hydrogen) atoms. The Morgan fingerprint density at radius 2 is 2.05 bits per heavy atom. The van der Waals surface area contributed by atoms with Crippen molar-refractivity contribution >= 4 is 50.0 Å². The quantitative estimate of drug-likeness (QED) is 0.343. The third-order valence-corrected chi connectivity index (χ3v) is 9.23. The molecule has 11 nitrogen and oxygen atoms in total. The number of halogens is 3. The van der Waals surface area contributed by atoms with E-state index in [9.17, 15) is 24.5 Å². The molecule has 6 rings (SSSR count). The van der Waals surface area contributed by atoms with E-state index in [-0.39, 0.29) is 73.1 Å². The van der Waals surface area contributed by atoms with Crippen molar-refractivity contribution < 1.29 is 23.1 Å². The average Bonchev–Trinajstić information content (AvgIpc) is 3.58. The van der Waals surface area contributed by atoms with Gasteiger partial charge in [0.15, 0.2) is 5.75 Å². The Kier molecular flexibility index (Phi) is 7.12. The van der Waals surface area contributed by atoms with Crippen molar-refractivity contribution in [3.05, 3.63) is 58.1 Å². The van der Waals surface area contributed by atoms with E-state index in [1.807, 2.05) is 12.1 Å². The first-order valence-corrected chi connectivity index (χ1v) is 14.4. The van der Waals surface area contributed by atoms with Gasteiger partial charge in [0.1, 0.15) is 41.7 Å². The fraction of sp³-hybridized carbons (Fsp3) is 0.286. The maximum Gasteiger partial charge on any atom is 0.332 e. The lowest BCUT2D eigenvalue weighted by atomic mass is 9.95. The highest BCUT2D eigenvalue weighted by Gasteiger charge is 2.40. The molecule has 2 atom stereocenters. The van der Waals surface area contributed by atoms with Crippen LogP contribution in [0.15, 0.2) is 24.5 Å². The number of piperidine rings is 1. The molecule has 15 heteroatoms. The fourth-order valence-corrected chi connectivity index (χ4v) is 7.11. The summed E-state index contributed by atoms with van der Waals surface area (Å²) in [6, 6.07) is 5.99. The maximum absolute atomic E-state index is 15.9. The number of ether oxygens (including phenoxy) is 1. The molecular formula is C28H21ClF2N8O3S. The van der Waals surface area contributed by atoms with Crippen LogP contribution in [0.25, 0.3) is 21.2 Å². The van der Waals surface area contributed by atoms with Crippen LogP contribution in [0, 0.1) is 34.3 Å². The zero-order chi connectivity index (χ0) is 30.6. The number of amides is 2. The van der Waals surface area contributed by atoms with E-state index in [2.05, 4.69) is 10.2 Å². The van der Waals surface area contributed by atoms with Crippen molar-refractivity contribution in [3.63, 3.8) is 0 Å². The SMILES string of the molecule is CCN(C(=O)n1cnnc1C#N)C1CCC2COc3c(cc(F)c(-c4ccc(F)c5sc(N)c(C#N)c45)c3Cl)C(=O)N2C1. The molecule has 0 bridgehead atoms. The van der Waals surface area contributed by atoms with E-state index in [1.54, 1.807) is 11.8 Å². The minimum Gasteiger partial charge on any atom is -0.489 e. The zero-order valence-electron chi connectivity index (χ0n) is 22.5. The summed E-state index contributed by atoms with van der Waals surface area (Å²) < 4.78 is 37.7. The zero-order valence-corrected chi connectivity index (χ0v) is 24.0. The number of likely N-dealkylation sites (N-methyl/N-ethyl adjacent to an activating group) is 1. The number of hydrogen-bond donors (Lipinski definition) is 1. The number of benzene rings is 2. The number of carbonyl (C=O) groups is 2. The summed E-state index contributed by atoms with van der Waals surface area (Å²) >= 11 is 7.61. The van der Waals surface area contributed by atoms with Crippen molar-refractivity contribution in [2.24, 2.45) is 0 Å². The van der Waals surface area contributed by atoms with Crippen molar-refractivity contribution in [2.75, 3.05) is 25.4 Å². The molecule has 4 aromatic rings. The Labute approximate surface area is 252 Å². The van der Waals surface area contributed by atoms with Crippen molar-refractivity contribution in [1.82, 2.24) is 24.6 Å². The number of hydrogen-bond acceptors (Lipinski definition) is 9. The van der Waals surface area contributed by atoms with Crippen LogP contribution >= 0.6 is 22.9 Å². The van der Waals surface area contributed by atoms with E-state index in [4.69, 9.17) is 22.1 Å². The van der Waals surface area contributed by atoms with Crippen LogP contribution in [-0.2, 0) is 0 Å². The van der Waals surface area contributed by atoms with E-state index >= 15 is 4.39 Å². The molecule has 0 spiro atoms. The number of thiophene rings is 1. The normalized spacial score (nSPS) is 17.8. The molecule has 2 aromatic heterocycles. The van der Waals surface area contributed by atoms with E-state index in [0.717, 1.165) is 34.4 Å². The molecule has 2 amide bonds. The van der Waals surface area contributed by atoms with E-state index in [1.165, 1.54) is 11.0 Å². The van der Waals surface area contributed by atoms with Crippen molar-refractivity contribution in [2.45, 2.75) is 31.8 Å². The van der Waals surface area contributed by atoms with E-state index < -0.39 is 29.6 Å². The lowest BCUT2D eigenvalue weighted by Gasteiger charge is -2.42. The van der Waals surface area contributed by atoms with Crippen LogP contribution in [0.3, 0.4) is 0 Å². The maximum atomic E-state index is 15.9. The number of aromatic nitrogens is 3. The predicted molar refractivity (Wildman–Crippen MR) is 153 cm³/mol. The highest BCUT2D eigenvalue weighted by molar-refractivity contribution is 7.23. The smallest absolute Gasteiger partial charge is 0.332 e. The van der Waals surface area contributed by atoms with Crippen molar-refractivity contribution in [3.8, 4) is 29.0 Å². The van der Waals surface area contributed by atoms with Gasteiger partial charge in [-0.1, -0.05) is 17.7 Å². The van der Waals surface area contributed by atoms with Crippen LogP contribution in [-0.4, -0.2) is 68.3 Å². The monoisotopic (exact) mass is 622 g/mol. The number of rotatable bonds is 3. The average molecular weight is 623 g/mol. The van der Waals surface area contributed by atoms with Gasteiger partial charge in [0.25, 0.3) is 5.91 Å². The molecule has 1 saturated heterocycles. The summed E-state index contributed by atoms with van der Waals surface area (Å²) in [7, 11) is 0. The van der Waals surface area contributed by atoms with Crippen LogP contribution in [0.5, 0.6) is 5.75 Å². The molecular weight excluding hydrogens is 602 g/mol. The lowest BCUT2D eigenvalue weighted by molar-refractivity contribution is 0.0407. The molecule has 1 fully saturated rings. The standard InChI is InChI=1S/C28H21ClF2N8O3S/c1-2-37(28(41)39-12-35-36-20(39)9-33)13-3-4-14-11-42-24-16(27(40)38(14)10-13)7-19(31)22(23(24)29)15-5-6-18(30)25-21(15)17(8-32)26(34)43-25/h5-7,12-14H,2-4,10-11,34H2,1H3. The molecule has 0 radical (unpaired) electrons. The van der Waals surface area contributed by atoms with Gasteiger partial charge in [-0.2, -0.15) is 10.5 Å². The van der Waals surface area contributed by atoms with Gasteiger partial charge in [-0.3, -0.25) is 4.79 Å². The number of nitrogens with two attached hydrogens (primary N) is 1. The first kappa shape index (κ1) is 28.3. The van der Waals surface area contributed by atoms with Gasteiger partial charge >= 0.3 is 6.03 Å². The summed E-state index contributed by atoms with van der Waals surface area (Å²) in [6.45, 7) is 2.27. The summed E-state index contributed by atoms with van der Waals surface area (Å²) in [5.74, 6) is -2.19. The van der Waals surface area contributed by atoms with Gasteiger partial charge in [0.05, 0.1) is 32.9 Å². The summed E-state index contributed by atoms with van der Waals surface area (Å²) in [4.78, 5) is 30.2. The minimum atomic E-state index is -0.865. The molecule has 2 unspecified atom stereocenters. The summed E-state index contributed by atoms with van der Waals surface area (Å²) in [5, 5.41) is 26.3. The molecule has 2 aromatic carbocycles. The Hall–Kier alpha value is -4.79. The number of nitriles is 2. The number of nitrogen functional groups attached to an aromatic ring is 1. The van der Waals surface area contributed by atoms with Crippen LogP contribution < -0.4 is 10.5 Å². The fourth-order valence-electron chi connectivity index (χ4n) is 5.81. The molecule has 218 valence electrons. The topological polar surface area (TPSA) is 154 Å². The molecule has 0 aliphatic carbocycles. The highest BCUT2D eigenvalue weighted by atomic mass is 35.5. The molecule has 2 N–H and O–H groups in total. The van der Waals surface area contributed by atoms with Gasteiger partial charge in [0, 0.05) is 24.0 Å². The number of anilines is 1. The second-order valence-corrected chi connectivity index (χ2v) is 11.5. The van der Waals surface area contributed by atoms with Gasteiger partial charge < -0.3 is 20.3 Å². The summed E-state index contributed by atoms with van der Waals surface area (Å²) in [5.41, 5.74) is 5.86. The minimum absolute atomic E-state index is 0.00321. The molecule has 0 saturated carbocycles. The highest BCUT2D eigenvalue weighted by Crippen LogP contribution is 2.47. The Balaban J connectivity index is 1.38. The molecule has 4 heterocycles. The first-order chi connectivity index (χ1) is 20.7. The Bertz CT molecular complexity index is 1910. The number of carbonyl (C=O) groups excluding carboxylic acids is 2. The Morgan fingerprint density at radius 3 is 2.77 bits per heavy atom. The predicted octanol–water partition coefficient (Wildman–Crippen LogP) is 4.77. The third-order valence-electron chi connectivity index (χ3n) is 7.85. The van der Waals surface area contributed by atoms with Gasteiger partial charge in [-0.15, -0.1) is 21.5 Å². The van der Waals surface area contributed by atoms with Crippen molar-refractivity contribution in [1.29, 1.82) is 10.5 Å². The van der Waals surface area contributed by atoms with Gasteiger partial charge in [0.2, 0.25) is 5.82 Å². The van der Waals surface area contributed by atoms with Gasteiger partial charge in [-0.25, -0.2) is 18.1 Å². The van der Waals surface area contributed by atoms with Crippen LogP contribution in [0.1, 0.15) is 41.5 Å². The first-order valence-electron chi connectivity index (χ1n) is 13.2. The Morgan fingerprint density at radius 1 is 1.26 bits per heavy atom. The van der Waals surface area contributed by atoms with Crippen LogP contribution in [0.4, 0.5) is 18.6 Å². The molecule has 2 aliphatic rings. The van der Waals surface area contributed by atoms with E-state index in [0.29, 0.717) is 19.4 Å². The second-order valence-electron chi connectivity index (χ2n) is 10.0. The second kappa shape index (κ2) is 10.8. The number of nitrogens with zero attached hydrogens (tertiary/aromatic N) is 7. The lowest BCUT2D eigenvalue weighted by Crippen LogP contribution is -2.56. The molecule has 2 aliphatic heterocycles. The largest absolute Gasteiger partial charge is 0.489 e.